The maximum Gasteiger partial charge on any atom is 0.313 e. The van der Waals surface area contributed by atoms with Gasteiger partial charge in [-0.15, -0.1) is 0 Å². The fourth-order valence-electron chi connectivity index (χ4n) is 1.74. The fourth-order valence-corrected chi connectivity index (χ4v) is 3.37. The summed E-state index contributed by atoms with van der Waals surface area (Å²) < 4.78 is 53.4. The Balaban J connectivity index is 2.07. The van der Waals surface area contributed by atoms with E-state index in [1.807, 2.05) is 0 Å². The van der Waals surface area contributed by atoms with Crippen LogP contribution in [0.25, 0.3) is 0 Å². The predicted octanol–water partition coefficient (Wildman–Crippen LogP) is 1.97. The van der Waals surface area contributed by atoms with Crippen LogP contribution in [0, 0.1) is 0 Å². The van der Waals surface area contributed by atoms with Crippen molar-refractivity contribution < 1.29 is 21.0 Å². The predicted molar refractivity (Wildman–Crippen MR) is 84.6 cm³/mol. The second-order valence-electron chi connectivity index (χ2n) is 4.67. The molecule has 0 spiro atoms. The zero-order valence-electron chi connectivity index (χ0n) is 11.8. The second kappa shape index (κ2) is 6.37. The van der Waals surface area contributed by atoms with E-state index in [0.29, 0.717) is 11.3 Å². The van der Waals surface area contributed by atoms with Crippen LogP contribution in [0.1, 0.15) is 5.56 Å². The molecule has 0 radical (unpaired) electrons. The van der Waals surface area contributed by atoms with E-state index in [9.17, 15) is 16.8 Å². The zero-order chi connectivity index (χ0) is 16.2. The Morgan fingerprint density at radius 1 is 0.909 bits per heavy atom. The molecule has 2 rings (SSSR count). The number of nitrogens with one attached hydrogen (secondary N) is 1. The smallest absolute Gasteiger partial charge is 0.313 e. The summed E-state index contributed by atoms with van der Waals surface area (Å²) in [7, 11) is -7.13. The van der Waals surface area contributed by atoms with Gasteiger partial charge in [0.05, 0.1) is 6.26 Å². The van der Waals surface area contributed by atoms with E-state index in [1.54, 1.807) is 30.3 Å². The van der Waals surface area contributed by atoms with Crippen LogP contribution >= 0.6 is 0 Å². The van der Waals surface area contributed by atoms with Gasteiger partial charge >= 0.3 is 10.1 Å². The first-order valence-corrected chi connectivity index (χ1v) is 9.74. The van der Waals surface area contributed by atoms with Crippen molar-refractivity contribution >= 4 is 25.8 Å². The molecule has 0 aliphatic rings. The standard InChI is InChI=1S/C14H15NO5S2/c1-21(16,17)15-13-9-7-12(8-10-13)11-22(18,19)20-14-5-3-2-4-6-14/h2-10,15H,11H2,1H3. The van der Waals surface area contributed by atoms with Gasteiger partial charge in [-0.05, 0) is 29.8 Å². The van der Waals surface area contributed by atoms with Gasteiger partial charge in [0.15, 0.2) is 0 Å². The average Bonchev–Trinajstić information content (AvgIpc) is 2.39. The van der Waals surface area contributed by atoms with Gasteiger partial charge in [-0.3, -0.25) is 4.72 Å². The lowest BCUT2D eigenvalue weighted by molar-refractivity contribution is 0.485. The molecule has 0 saturated heterocycles. The van der Waals surface area contributed by atoms with Crippen molar-refractivity contribution in [1.82, 2.24) is 0 Å². The normalized spacial score (nSPS) is 11.9. The van der Waals surface area contributed by atoms with Gasteiger partial charge in [0.1, 0.15) is 11.5 Å². The Labute approximate surface area is 129 Å². The Hall–Kier alpha value is -2.06. The van der Waals surface area contributed by atoms with E-state index in [4.69, 9.17) is 4.18 Å². The van der Waals surface area contributed by atoms with Crippen molar-refractivity contribution in [3.63, 3.8) is 0 Å². The highest BCUT2D eigenvalue weighted by atomic mass is 32.2. The van der Waals surface area contributed by atoms with Crippen LogP contribution in [-0.4, -0.2) is 23.1 Å². The fraction of sp³-hybridized carbons (Fsp3) is 0.143. The van der Waals surface area contributed by atoms with Crippen LogP contribution in [0.3, 0.4) is 0 Å². The number of anilines is 1. The summed E-state index contributed by atoms with van der Waals surface area (Å²) in [6.07, 6.45) is 1.04. The van der Waals surface area contributed by atoms with Gasteiger partial charge < -0.3 is 4.18 Å². The summed E-state index contributed by atoms with van der Waals surface area (Å²) in [5.74, 6) is -0.0565. The topological polar surface area (TPSA) is 89.5 Å². The highest BCUT2D eigenvalue weighted by Crippen LogP contribution is 2.17. The number of para-hydroxylation sites is 1. The number of benzene rings is 2. The van der Waals surface area contributed by atoms with Crippen molar-refractivity contribution in [3.8, 4) is 5.75 Å². The minimum atomic E-state index is -3.77. The summed E-state index contributed by atoms with van der Waals surface area (Å²) in [6.45, 7) is 0. The highest BCUT2D eigenvalue weighted by Gasteiger charge is 2.14. The minimum absolute atomic E-state index is 0.248. The average molecular weight is 341 g/mol. The third-order valence-corrected chi connectivity index (χ3v) is 4.31. The molecule has 1 N–H and O–H groups in total. The molecule has 6 nitrogen and oxygen atoms in total. The molecule has 0 unspecified atom stereocenters. The molecule has 8 heteroatoms. The van der Waals surface area contributed by atoms with Crippen molar-refractivity contribution in [3.05, 3.63) is 60.2 Å². The molecule has 0 aromatic heterocycles. The third-order valence-electron chi connectivity index (χ3n) is 2.57. The summed E-state index contributed by atoms with van der Waals surface area (Å²) in [4.78, 5) is 0. The minimum Gasteiger partial charge on any atom is -0.382 e. The Morgan fingerprint density at radius 3 is 2.05 bits per heavy atom. The molecule has 2 aromatic carbocycles. The highest BCUT2D eigenvalue weighted by molar-refractivity contribution is 7.92. The van der Waals surface area contributed by atoms with Crippen LogP contribution in [0.4, 0.5) is 5.69 Å². The van der Waals surface area contributed by atoms with Crippen molar-refractivity contribution in [2.24, 2.45) is 0 Å². The molecule has 0 aliphatic heterocycles. The van der Waals surface area contributed by atoms with Crippen LogP contribution in [0.2, 0.25) is 0 Å². The zero-order valence-corrected chi connectivity index (χ0v) is 13.4. The Kier molecular flexibility index (Phi) is 4.72. The van der Waals surface area contributed by atoms with E-state index in [2.05, 4.69) is 4.72 Å². The molecular formula is C14H15NO5S2. The van der Waals surface area contributed by atoms with Gasteiger partial charge in [0.2, 0.25) is 10.0 Å². The third kappa shape index (κ3) is 5.38. The molecule has 0 fully saturated rings. The van der Waals surface area contributed by atoms with Crippen LogP contribution in [0.5, 0.6) is 5.75 Å². The maximum atomic E-state index is 11.9. The van der Waals surface area contributed by atoms with Gasteiger partial charge in [-0.25, -0.2) is 8.42 Å². The number of hydrogen-bond acceptors (Lipinski definition) is 5. The van der Waals surface area contributed by atoms with Gasteiger partial charge in [0, 0.05) is 5.69 Å². The monoisotopic (exact) mass is 341 g/mol. The van der Waals surface area contributed by atoms with Crippen molar-refractivity contribution in [2.75, 3.05) is 11.0 Å². The largest absolute Gasteiger partial charge is 0.382 e. The molecule has 0 aliphatic carbocycles. The SMILES string of the molecule is CS(=O)(=O)Nc1ccc(CS(=O)(=O)Oc2ccccc2)cc1. The summed E-state index contributed by atoms with van der Waals surface area (Å²) in [6, 6.07) is 14.3. The van der Waals surface area contributed by atoms with Crippen molar-refractivity contribution in [2.45, 2.75) is 5.75 Å². The first-order chi connectivity index (χ1) is 10.2. The van der Waals surface area contributed by atoms with Crippen molar-refractivity contribution in [1.29, 1.82) is 0 Å². The first kappa shape index (κ1) is 16.3. The lowest BCUT2D eigenvalue weighted by atomic mass is 10.2. The molecule has 2 aromatic rings. The summed E-state index contributed by atoms with van der Waals surface area (Å²) in [5.41, 5.74) is 0.864. The Morgan fingerprint density at radius 2 is 1.50 bits per heavy atom. The molecule has 0 amide bonds. The second-order valence-corrected chi connectivity index (χ2v) is 7.99. The molecule has 118 valence electrons. The number of hydrogen-bond donors (Lipinski definition) is 1. The number of sulfonamides is 1. The van der Waals surface area contributed by atoms with E-state index in [-0.39, 0.29) is 11.5 Å². The van der Waals surface area contributed by atoms with Crippen LogP contribution in [0.15, 0.2) is 54.6 Å². The van der Waals surface area contributed by atoms with Crippen LogP contribution in [-0.2, 0) is 25.9 Å². The molecule has 0 heterocycles. The first-order valence-electron chi connectivity index (χ1n) is 6.27. The number of rotatable bonds is 6. The molecule has 22 heavy (non-hydrogen) atoms. The van der Waals surface area contributed by atoms with E-state index in [0.717, 1.165) is 6.26 Å². The van der Waals surface area contributed by atoms with Crippen LogP contribution < -0.4 is 8.91 Å². The molecule has 0 atom stereocenters. The quantitative estimate of drug-likeness (QED) is 0.811. The lowest BCUT2D eigenvalue weighted by Gasteiger charge is -2.08. The molecule has 0 saturated carbocycles. The lowest BCUT2D eigenvalue weighted by Crippen LogP contribution is -2.12. The van der Waals surface area contributed by atoms with E-state index in [1.165, 1.54) is 24.3 Å². The summed E-state index contributed by atoms with van der Waals surface area (Å²) >= 11 is 0. The van der Waals surface area contributed by atoms with Gasteiger partial charge in [0.25, 0.3) is 0 Å². The molecule has 0 bridgehead atoms. The van der Waals surface area contributed by atoms with Gasteiger partial charge in [-0.1, -0.05) is 30.3 Å². The molecular weight excluding hydrogens is 326 g/mol. The van der Waals surface area contributed by atoms with Gasteiger partial charge in [-0.2, -0.15) is 8.42 Å². The maximum absolute atomic E-state index is 11.9. The Bertz CT molecular complexity index is 829. The summed E-state index contributed by atoms with van der Waals surface area (Å²) in [5, 5.41) is 0. The van der Waals surface area contributed by atoms with E-state index < -0.39 is 20.1 Å². The van der Waals surface area contributed by atoms with E-state index >= 15 is 0 Å².